The normalized spacial score (nSPS) is 12.3. The SMILES string of the molecule is CCCC(C)(C)NC(=O)c1cc(S(=O)(=O)Cl)c(Br)cc1F. The molecular weight excluding hydrogens is 385 g/mol. The van der Waals surface area contributed by atoms with Gasteiger partial charge < -0.3 is 5.32 Å². The molecule has 0 aliphatic heterocycles. The quantitative estimate of drug-likeness (QED) is 0.764. The summed E-state index contributed by atoms with van der Waals surface area (Å²) >= 11 is 2.92. The van der Waals surface area contributed by atoms with Gasteiger partial charge in [0.2, 0.25) is 0 Å². The Morgan fingerprint density at radius 2 is 2.00 bits per heavy atom. The van der Waals surface area contributed by atoms with Gasteiger partial charge in [-0.1, -0.05) is 13.3 Å². The van der Waals surface area contributed by atoms with E-state index < -0.39 is 26.3 Å². The summed E-state index contributed by atoms with van der Waals surface area (Å²) in [6, 6.07) is 1.84. The highest BCUT2D eigenvalue weighted by Crippen LogP contribution is 2.28. The van der Waals surface area contributed by atoms with Gasteiger partial charge in [-0.15, -0.1) is 0 Å². The van der Waals surface area contributed by atoms with Crippen LogP contribution in [0.5, 0.6) is 0 Å². The Labute approximate surface area is 136 Å². The molecule has 0 unspecified atom stereocenters. The van der Waals surface area contributed by atoms with Gasteiger partial charge in [-0.05, 0) is 48.3 Å². The first-order valence-electron chi connectivity index (χ1n) is 6.24. The van der Waals surface area contributed by atoms with Crippen LogP contribution in [0.25, 0.3) is 0 Å². The summed E-state index contributed by atoms with van der Waals surface area (Å²) in [7, 11) is 1.18. The summed E-state index contributed by atoms with van der Waals surface area (Å²) in [6.45, 7) is 5.58. The van der Waals surface area contributed by atoms with Crippen molar-refractivity contribution in [3.8, 4) is 0 Å². The van der Waals surface area contributed by atoms with E-state index in [9.17, 15) is 17.6 Å². The number of hydrogen-bond acceptors (Lipinski definition) is 3. The van der Waals surface area contributed by atoms with Crippen molar-refractivity contribution in [3.63, 3.8) is 0 Å². The molecule has 0 radical (unpaired) electrons. The molecule has 1 N–H and O–H groups in total. The standard InChI is InChI=1S/C13H16BrClFNO3S/c1-4-5-13(2,3)17-12(18)8-6-11(21(15,19)20)9(14)7-10(8)16/h6-7H,4-5H2,1-3H3,(H,17,18). The fraction of sp³-hybridized carbons (Fsp3) is 0.462. The molecule has 0 saturated carbocycles. The maximum atomic E-state index is 13.9. The highest BCUT2D eigenvalue weighted by Gasteiger charge is 2.25. The minimum Gasteiger partial charge on any atom is -0.347 e. The number of carbonyl (C=O) groups is 1. The Morgan fingerprint density at radius 1 is 1.43 bits per heavy atom. The molecule has 1 aromatic rings. The van der Waals surface area contributed by atoms with Crippen molar-refractivity contribution in [3.05, 3.63) is 28.0 Å². The summed E-state index contributed by atoms with van der Waals surface area (Å²) in [5.74, 6) is -1.50. The molecule has 0 aromatic heterocycles. The largest absolute Gasteiger partial charge is 0.347 e. The average Bonchev–Trinajstić information content (AvgIpc) is 2.25. The van der Waals surface area contributed by atoms with Gasteiger partial charge in [0.1, 0.15) is 5.82 Å². The van der Waals surface area contributed by atoms with Crippen LogP contribution in [0, 0.1) is 5.82 Å². The average molecular weight is 401 g/mol. The van der Waals surface area contributed by atoms with Crippen LogP contribution in [-0.4, -0.2) is 19.9 Å². The zero-order chi connectivity index (χ0) is 16.4. The van der Waals surface area contributed by atoms with E-state index >= 15 is 0 Å². The molecule has 21 heavy (non-hydrogen) atoms. The van der Waals surface area contributed by atoms with Gasteiger partial charge in [-0.2, -0.15) is 0 Å². The Bertz CT molecular complexity index is 662. The molecule has 0 spiro atoms. The predicted molar refractivity (Wildman–Crippen MR) is 83.6 cm³/mol. The third-order valence-electron chi connectivity index (χ3n) is 2.86. The van der Waals surface area contributed by atoms with E-state index in [2.05, 4.69) is 21.2 Å². The molecule has 1 aromatic carbocycles. The Morgan fingerprint density at radius 3 is 2.48 bits per heavy atom. The summed E-state index contributed by atoms with van der Waals surface area (Å²) in [5, 5.41) is 2.68. The molecule has 0 saturated heterocycles. The fourth-order valence-electron chi connectivity index (χ4n) is 1.95. The van der Waals surface area contributed by atoms with Crippen molar-refractivity contribution in [1.29, 1.82) is 0 Å². The highest BCUT2D eigenvalue weighted by molar-refractivity contribution is 9.10. The third kappa shape index (κ3) is 4.93. The molecule has 0 heterocycles. The lowest BCUT2D eigenvalue weighted by molar-refractivity contribution is 0.0904. The zero-order valence-corrected chi connectivity index (χ0v) is 15.0. The number of rotatable bonds is 5. The monoisotopic (exact) mass is 399 g/mol. The lowest BCUT2D eigenvalue weighted by Crippen LogP contribution is -2.43. The summed E-state index contributed by atoms with van der Waals surface area (Å²) in [5.41, 5.74) is -0.882. The Hall–Kier alpha value is -0.660. The van der Waals surface area contributed by atoms with Gasteiger partial charge >= 0.3 is 0 Å². The number of nitrogens with one attached hydrogen (secondary N) is 1. The van der Waals surface area contributed by atoms with E-state index in [0.717, 1.165) is 18.6 Å². The molecule has 1 rings (SSSR count). The van der Waals surface area contributed by atoms with Crippen LogP contribution >= 0.6 is 26.6 Å². The fourth-order valence-corrected chi connectivity index (χ4v) is 4.12. The zero-order valence-electron chi connectivity index (χ0n) is 11.8. The lowest BCUT2D eigenvalue weighted by atomic mass is 9.98. The van der Waals surface area contributed by atoms with Gasteiger partial charge in [0.25, 0.3) is 15.0 Å². The highest BCUT2D eigenvalue weighted by atomic mass is 79.9. The molecule has 1 amide bonds. The summed E-state index contributed by atoms with van der Waals surface area (Å²) in [6.07, 6.45) is 1.55. The van der Waals surface area contributed by atoms with Crippen LogP contribution in [-0.2, 0) is 9.05 Å². The summed E-state index contributed by atoms with van der Waals surface area (Å²) in [4.78, 5) is 11.8. The van der Waals surface area contributed by atoms with E-state index in [1.807, 2.05) is 20.8 Å². The molecule has 4 nitrogen and oxygen atoms in total. The van der Waals surface area contributed by atoms with Crippen molar-refractivity contribution in [2.75, 3.05) is 0 Å². The van der Waals surface area contributed by atoms with Gasteiger partial charge in [0.05, 0.1) is 10.5 Å². The van der Waals surface area contributed by atoms with Gasteiger partial charge in [-0.3, -0.25) is 4.79 Å². The van der Waals surface area contributed by atoms with Gasteiger partial charge in [0.15, 0.2) is 0 Å². The number of halogens is 3. The minimum absolute atomic E-state index is 0.0284. The molecule has 118 valence electrons. The van der Waals surface area contributed by atoms with Crippen LogP contribution < -0.4 is 5.32 Å². The topological polar surface area (TPSA) is 63.2 Å². The molecule has 0 fully saturated rings. The number of carbonyl (C=O) groups excluding carboxylic acids is 1. The maximum absolute atomic E-state index is 13.9. The van der Waals surface area contributed by atoms with Crippen molar-refractivity contribution >= 4 is 41.6 Å². The molecule has 0 aliphatic carbocycles. The van der Waals surface area contributed by atoms with Gasteiger partial charge in [-0.25, -0.2) is 12.8 Å². The van der Waals surface area contributed by atoms with Crippen LogP contribution in [0.3, 0.4) is 0 Å². The molecule has 0 aliphatic rings. The molecule has 0 bridgehead atoms. The molecule has 8 heteroatoms. The second-order valence-corrected chi connectivity index (χ2v) is 8.68. The van der Waals surface area contributed by atoms with E-state index in [4.69, 9.17) is 10.7 Å². The van der Waals surface area contributed by atoms with Crippen LogP contribution in [0.15, 0.2) is 21.5 Å². The van der Waals surface area contributed by atoms with Crippen LogP contribution in [0.1, 0.15) is 44.0 Å². The smallest absolute Gasteiger partial charge is 0.262 e. The second kappa shape index (κ2) is 6.62. The first-order valence-corrected chi connectivity index (χ1v) is 9.34. The van der Waals surface area contributed by atoms with Gasteiger partial charge in [0, 0.05) is 20.7 Å². The van der Waals surface area contributed by atoms with E-state index in [1.165, 1.54) is 0 Å². The maximum Gasteiger partial charge on any atom is 0.262 e. The van der Waals surface area contributed by atoms with Crippen molar-refractivity contribution in [2.45, 2.75) is 44.0 Å². The van der Waals surface area contributed by atoms with Crippen molar-refractivity contribution in [2.24, 2.45) is 0 Å². The van der Waals surface area contributed by atoms with Crippen LogP contribution in [0.4, 0.5) is 4.39 Å². The number of hydrogen-bond donors (Lipinski definition) is 1. The van der Waals surface area contributed by atoms with Crippen molar-refractivity contribution in [1.82, 2.24) is 5.32 Å². The molecular formula is C13H16BrClFNO3S. The number of benzene rings is 1. The lowest BCUT2D eigenvalue weighted by Gasteiger charge is -2.26. The van der Waals surface area contributed by atoms with E-state index in [-0.39, 0.29) is 14.9 Å². The predicted octanol–water partition coefficient (Wildman–Crippen LogP) is 3.82. The summed E-state index contributed by atoms with van der Waals surface area (Å²) < 4.78 is 36.7. The van der Waals surface area contributed by atoms with E-state index in [0.29, 0.717) is 6.42 Å². The van der Waals surface area contributed by atoms with Crippen LogP contribution in [0.2, 0.25) is 0 Å². The minimum atomic E-state index is -4.08. The van der Waals surface area contributed by atoms with Crippen molar-refractivity contribution < 1.29 is 17.6 Å². The molecule has 0 atom stereocenters. The Balaban J connectivity index is 3.22. The Kier molecular flexibility index (Phi) is 5.80. The first-order chi connectivity index (χ1) is 9.48. The van der Waals surface area contributed by atoms with E-state index in [1.54, 1.807) is 0 Å². The third-order valence-corrected chi connectivity index (χ3v) is 5.14. The second-order valence-electron chi connectivity index (χ2n) is 5.29. The number of amides is 1. The first kappa shape index (κ1) is 18.4.